The van der Waals surface area contributed by atoms with Crippen LogP contribution in [0.4, 0.5) is 5.69 Å². The summed E-state index contributed by atoms with van der Waals surface area (Å²) in [5, 5.41) is 3.28. The molecular weight excluding hydrogens is 252 g/mol. The lowest BCUT2D eigenvalue weighted by Gasteiger charge is -2.13. The summed E-state index contributed by atoms with van der Waals surface area (Å²) in [6, 6.07) is 18.5. The molecule has 0 bridgehead atoms. The third-order valence-electron chi connectivity index (χ3n) is 2.94. The highest BCUT2D eigenvalue weighted by Gasteiger charge is 2.02. The van der Waals surface area contributed by atoms with Crippen LogP contribution < -0.4 is 10.2 Å². The number of rotatable bonds is 4. The molecule has 0 heterocycles. The fourth-order valence-corrected chi connectivity index (χ4v) is 2.00. The Morgan fingerprint density at radius 1 is 1.00 bits per heavy atom. The molecule has 2 aromatic rings. The van der Waals surface area contributed by atoms with Crippen molar-refractivity contribution in [1.29, 1.82) is 0 Å². The number of hydrogen-bond acceptors (Lipinski definition) is 2. The summed E-state index contributed by atoms with van der Waals surface area (Å²) in [7, 11) is 4.06. The lowest BCUT2D eigenvalue weighted by molar-refractivity contribution is 0.929. The van der Waals surface area contributed by atoms with Crippen molar-refractivity contribution in [3.8, 4) is 0 Å². The van der Waals surface area contributed by atoms with Gasteiger partial charge in [0.15, 0.2) is 0 Å². The van der Waals surface area contributed by atoms with Gasteiger partial charge >= 0.3 is 0 Å². The molecule has 98 valence electrons. The zero-order chi connectivity index (χ0) is 13.7. The van der Waals surface area contributed by atoms with Crippen LogP contribution in [0, 0.1) is 0 Å². The Kier molecular flexibility index (Phi) is 4.53. The molecule has 0 saturated heterocycles. The standard InChI is InChI=1S/C16H18N2S/c1-18(2)15-10-8-14(9-11-15)16(19)17-12-13-6-4-3-5-7-13/h3-11H,12H2,1-2H3,(H,17,19). The number of nitrogens with zero attached hydrogens (tertiary/aromatic N) is 1. The molecule has 2 rings (SSSR count). The second-order valence-corrected chi connectivity index (χ2v) is 5.02. The fourth-order valence-electron chi connectivity index (χ4n) is 1.79. The molecule has 0 aromatic heterocycles. The smallest absolute Gasteiger partial charge is 0.106 e. The van der Waals surface area contributed by atoms with Crippen molar-refractivity contribution >= 4 is 22.9 Å². The Morgan fingerprint density at radius 3 is 2.21 bits per heavy atom. The van der Waals surface area contributed by atoms with Crippen LogP contribution in [0.15, 0.2) is 54.6 Å². The molecule has 0 radical (unpaired) electrons. The molecular formula is C16H18N2S. The van der Waals surface area contributed by atoms with Crippen molar-refractivity contribution in [3.63, 3.8) is 0 Å². The number of hydrogen-bond donors (Lipinski definition) is 1. The number of benzene rings is 2. The van der Waals surface area contributed by atoms with Gasteiger partial charge in [-0.2, -0.15) is 0 Å². The molecule has 19 heavy (non-hydrogen) atoms. The Labute approximate surface area is 120 Å². The zero-order valence-electron chi connectivity index (χ0n) is 11.3. The molecule has 0 aliphatic carbocycles. The lowest BCUT2D eigenvalue weighted by atomic mass is 10.2. The van der Waals surface area contributed by atoms with E-state index in [0.717, 1.165) is 17.1 Å². The van der Waals surface area contributed by atoms with Crippen LogP contribution in [-0.4, -0.2) is 19.1 Å². The van der Waals surface area contributed by atoms with Gasteiger partial charge in [0.2, 0.25) is 0 Å². The van der Waals surface area contributed by atoms with Gasteiger partial charge in [-0.15, -0.1) is 0 Å². The molecule has 0 unspecified atom stereocenters. The molecule has 2 nitrogen and oxygen atoms in total. The molecule has 3 heteroatoms. The minimum Gasteiger partial charge on any atom is -0.378 e. The van der Waals surface area contributed by atoms with Gasteiger partial charge in [0.05, 0.1) is 0 Å². The van der Waals surface area contributed by atoms with Crippen LogP contribution in [0.1, 0.15) is 11.1 Å². The fraction of sp³-hybridized carbons (Fsp3) is 0.188. The highest BCUT2D eigenvalue weighted by atomic mass is 32.1. The largest absolute Gasteiger partial charge is 0.378 e. The lowest BCUT2D eigenvalue weighted by Crippen LogP contribution is -2.21. The van der Waals surface area contributed by atoms with E-state index in [9.17, 15) is 0 Å². The number of anilines is 1. The summed E-state index contributed by atoms with van der Waals surface area (Å²) >= 11 is 5.40. The summed E-state index contributed by atoms with van der Waals surface area (Å²) in [6.07, 6.45) is 0. The molecule has 2 aromatic carbocycles. The van der Waals surface area contributed by atoms with Gasteiger partial charge in [0.25, 0.3) is 0 Å². The molecule has 1 N–H and O–H groups in total. The van der Waals surface area contributed by atoms with Gasteiger partial charge in [-0.1, -0.05) is 42.5 Å². The van der Waals surface area contributed by atoms with E-state index in [1.807, 2.05) is 32.3 Å². The van der Waals surface area contributed by atoms with E-state index in [4.69, 9.17) is 12.2 Å². The van der Waals surface area contributed by atoms with Crippen molar-refractivity contribution in [3.05, 3.63) is 65.7 Å². The monoisotopic (exact) mass is 270 g/mol. The molecule has 0 amide bonds. The van der Waals surface area contributed by atoms with Crippen molar-refractivity contribution in [2.75, 3.05) is 19.0 Å². The Morgan fingerprint density at radius 2 is 1.63 bits per heavy atom. The average molecular weight is 270 g/mol. The summed E-state index contributed by atoms with van der Waals surface area (Å²) < 4.78 is 0. The molecule has 0 atom stereocenters. The first-order chi connectivity index (χ1) is 9.16. The zero-order valence-corrected chi connectivity index (χ0v) is 12.1. The van der Waals surface area contributed by atoms with Crippen molar-refractivity contribution in [1.82, 2.24) is 5.32 Å². The molecule has 0 spiro atoms. The SMILES string of the molecule is CN(C)c1ccc(C(=S)NCc2ccccc2)cc1. The van der Waals surface area contributed by atoms with Gasteiger partial charge in [-0.25, -0.2) is 0 Å². The highest BCUT2D eigenvalue weighted by molar-refractivity contribution is 7.80. The predicted octanol–water partition coefficient (Wildman–Crippen LogP) is 3.22. The Balaban J connectivity index is 1.96. The van der Waals surface area contributed by atoms with E-state index in [1.54, 1.807) is 0 Å². The first-order valence-corrected chi connectivity index (χ1v) is 6.67. The van der Waals surface area contributed by atoms with Crippen LogP contribution in [0.5, 0.6) is 0 Å². The van der Waals surface area contributed by atoms with Crippen molar-refractivity contribution in [2.45, 2.75) is 6.54 Å². The van der Waals surface area contributed by atoms with Crippen LogP contribution in [0.3, 0.4) is 0 Å². The van der Waals surface area contributed by atoms with Gasteiger partial charge in [0, 0.05) is 31.9 Å². The van der Waals surface area contributed by atoms with Crippen molar-refractivity contribution in [2.24, 2.45) is 0 Å². The summed E-state index contributed by atoms with van der Waals surface area (Å²) in [4.78, 5) is 2.86. The minimum absolute atomic E-state index is 0.759. The topological polar surface area (TPSA) is 15.3 Å². The van der Waals surface area contributed by atoms with Crippen LogP contribution >= 0.6 is 12.2 Å². The summed E-state index contributed by atoms with van der Waals surface area (Å²) in [5.41, 5.74) is 3.46. The molecule has 0 aliphatic rings. The third-order valence-corrected chi connectivity index (χ3v) is 3.32. The molecule has 0 aliphatic heterocycles. The van der Waals surface area contributed by atoms with E-state index in [1.165, 1.54) is 11.3 Å². The van der Waals surface area contributed by atoms with Crippen molar-refractivity contribution < 1.29 is 0 Å². The number of nitrogens with one attached hydrogen (secondary N) is 1. The maximum atomic E-state index is 5.40. The van der Waals surface area contributed by atoms with Crippen LogP contribution in [0.2, 0.25) is 0 Å². The highest BCUT2D eigenvalue weighted by Crippen LogP contribution is 2.12. The maximum absolute atomic E-state index is 5.40. The minimum atomic E-state index is 0.759. The second-order valence-electron chi connectivity index (χ2n) is 4.61. The van der Waals surface area contributed by atoms with E-state index in [2.05, 4.69) is 46.6 Å². The van der Waals surface area contributed by atoms with E-state index in [-0.39, 0.29) is 0 Å². The number of thiocarbonyl (C=S) groups is 1. The summed E-state index contributed by atoms with van der Waals surface area (Å²) in [5.74, 6) is 0. The van der Waals surface area contributed by atoms with Crippen LogP contribution in [-0.2, 0) is 6.54 Å². The van der Waals surface area contributed by atoms with Gasteiger partial charge in [0.1, 0.15) is 4.99 Å². The van der Waals surface area contributed by atoms with E-state index >= 15 is 0 Å². The normalized spacial score (nSPS) is 10.0. The predicted molar refractivity (Wildman–Crippen MR) is 85.8 cm³/mol. The third kappa shape index (κ3) is 3.80. The first-order valence-electron chi connectivity index (χ1n) is 6.26. The summed E-state index contributed by atoms with van der Waals surface area (Å²) in [6.45, 7) is 0.759. The van der Waals surface area contributed by atoms with E-state index in [0.29, 0.717) is 0 Å². The Hall–Kier alpha value is -1.87. The molecule has 0 saturated carbocycles. The van der Waals surface area contributed by atoms with Crippen LogP contribution in [0.25, 0.3) is 0 Å². The average Bonchev–Trinajstić information content (AvgIpc) is 2.46. The quantitative estimate of drug-likeness (QED) is 0.859. The molecule has 0 fully saturated rings. The van der Waals surface area contributed by atoms with Gasteiger partial charge in [-0.3, -0.25) is 0 Å². The maximum Gasteiger partial charge on any atom is 0.106 e. The first kappa shape index (κ1) is 13.6. The second kappa shape index (κ2) is 6.34. The van der Waals surface area contributed by atoms with E-state index < -0.39 is 0 Å². The van der Waals surface area contributed by atoms with Gasteiger partial charge < -0.3 is 10.2 Å². The van der Waals surface area contributed by atoms with Gasteiger partial charge in [-0.05, 0) is 29.8 Å². The Bertz CT molecular complexity index is 532.